The van der Waals surface area contributed by atoms with Crippen LogP contribution in [0.2, 0.25) is 18.1 Å². The van der Waals surface area contributed by atoms with Crippen LogP contribution in [0.1, 0.15) is 20.3 Å². The molecule has 0 spiro atoms. The summed E-state index contributed by atoms with van der Waals surface area (Å²) in [7, 11) is -2.58. The maximum atomic E-state index is 12.5. The number of carbonyl (C=O) groups is 1. The SMILES string of the molecule is CC(C)(CC(C(N)=O)C(F)F)[Si](C)(C)O. The summed E-state index contributed by atoms with van der Waals surface area (Å²) in [6.45, 7) is 6.71. The summed E-state index contributed by atoms with van der Waals surface area (Å²) < 4.78 is 25.0. The molecule has 0 bridgehead atoms. The van der Waals surface area contributed by atoms with Crippen molar-refractivity contribution in [1.82, 2.24) is 0 Å². The van der Waals surface area contributed by atoms with Gasteiger partial charge in [-0.2, -0.15) is 0 Å². The van der Waals surface area contributed by atoms with E-state index in [0.717, 1.165) is 0 Å². The van der Waals surface area contributed by atoms with E-state index in [1.54, 1.807) is 26.9 Å². The van der Waals surface area contributed by atoms with Crippen LogP contribution in [0.15, 0.2) is 0 Å². The summed E-state index contributed by atoms with van der Waals surface area (Å²) >= 11 is 0. The van der Waals surface area contributed by atoms with Crippen molar-refractivity contribution >= 4 is 14.2 Å². The molecule has 0 aromatic carbocycles. The highest BCUT2D eigenvalue weighted by atomic mass is 28.4. The lowest BCUT2D eigenvalue weighted by Gasteiger charge is -2.36. The van der Waals surface area contributed by atoms with Crippen molar-refractivity contribution in [1.29, 1.82) is 0 Å². The highest BCUT2D eigenvalue weighted by Gasteiger charge is 2.43. The van der Waals surface area contributed by atoms with Crippen molar-refractivity contribution in [3.8, 4) is 0 Å². The lowest BCUT2D eigenvalue weighted by atomic mass is 9.96. The smallest absolute Gasteiger partial charge is 0.250 e. The predicted octanol–water partition coefficient (Wildman–Crippen LogP) is 1.72. The molecule has 0 saturated heterocycles. The van der Waals surface area contributed by atoms with Crippen molar-refractivity contribution in [3.63, 3.8) is 0 Å². The first-order valence-electron chi connectivity index (χ1n) is 4.79. The van der Waals surface area contributed by atoms with Crippen LogP contribution in [0.5, 0.6) is 0 Å². The van der Waals surface area contributed by atoms with E-state index in [-0.39, 0.29) is 6.42 Å². The van der Waals surface area contributed by atoms with Crippen LogP contribution in [0.4, 0.5) is 8.78 Å². The molecule has 3 N–H and O–H groups in total. The molecule has 0 aromatic heterocycles. The van der Waals surface area contributed by atoms with E-state index in [1.165, 1.54) is 0 Å². The maximum Gasteiger partial charge on any atom is 0.250 e. The molecule has 0 fully saturated rings. The summed E-state index contributed by atoms with van der Waals surface area (Å²) in [5, 5.41) is -0.664. The van der Waals surface area contributed by atoms with Gasteiger partial charge < -0.3 is 10.5 Å². The van der Waals surface area contributed by atoms with Crippen LogP contribution in [-0.2, 0) is 4.79 Å². The van der Waals surface area contributed by atoms with Crippen molar-refractivity contribution in [3.05, 3.63) is 0 Å². The second kappa shape index (κ2) is 4.57. The molecule has 0 aromatic rings. The van der Waals surface area contributed by atoms with Gasteiger partial charge in [0.15, 0.2) is 8.32 Å². The Bertz CT molecular complexity index is 239. The summed E-state index contributed by atoms with van der Waals surface area (Å²) in [4.78, 5) is 20.7. The van der Waals surface area contributed by atoms with Gasteiger partial charge in [-0.3, -0.25) is 4.79 Å². The van der Waals surface area contributed by atoms with Crippen LogP contribution in [0, 0.1) is 5.92 Å². The van der Waals surface area contributed by atoms with Crippen LogP contribution in [0.3, 0.4) is 0 Å². The van der Waals surface area contributed by atoms with Gasteiger partial charge in [0.1, 0.15) is 0 Å². The topological polar surface area (TPSA) is 63.3 Å². The number of primary amides is 1. The lowest BCUT2D eigenvalue weighted by Crippen LogP contribution is -2.43. The summed E-state index contributed by atoms with van der Waals surface area (Å²) in [6, 6.07) is 0. The second-order valence-corrected chi connectivity index (χ2v) is 9.46. The molecule has 6 heteroatoms. The van der Waals surface area contributed by atoms with E-state index in [4.69, 9.17) is 5.73 Å². The summed E-state index contributed by atoms with van der Waals surface area (Å²) in [6.07, 6.45) is -2.84. The Morgan fingerprint density at radius 2 is 1.87 bits per heavy atom. The first-order valence-corrected chi connectivity index (χ1v) is 7.73. The molecule has 0 aliphatic carbocycles. The van der Waals surface area contributed by atoms with Gasteiger partial charge in [0, 0.05) is 0 Å². The number of hydrogen-bond acceptors (Lipinski definition) is 2. The molecule has 15 heavy (non-hydrogen) atoms. The molecule has 0 saturated carbocycles. The number of carbonyl (C=O) groups excluding carboxylic acids is 1. The quantitative estimate of drug-likeness (QED) is 0.717. The second-order valence-electron chi connectivity index (χ2n) is 4.99. The van der Waals surface area contributed by atoms with Crippen LogP contribution in [-0.4, -0.2) is 25.4 Å². The fourth-order valence-electron chi connectivity index (χ4n) is 1.11. The molecule has 90 valence electrons. The minimum Gasteiger partial charge on any atom is -0.432 e. The highest BCUT2D eigenvalue weighted by Crippen LogP contribution is 2.42. The standard InChI is InChI=1S/C9H19F2NO2Si/c1-9(2,15(3,4)14)5-6(7(10)11)8(12)13/h6-7,14H,5H2,1-4H3,(H2,12,13). The maximum absolute atomic E-state index is 12.5. The zero-order valence-electron chi connectivity index (χ0n) is 9.55. The normalized spacial score (nSPS) is 15.5. The van der Waals surface area contributed by atoms with Crippen LogP contribution < -0.4 is 5.73 Å². The molecule has 0 rings (SSSR count). The lowest BCUT2D eigenvalue weighted by molar-refractivity contribution is -0.127. The first-order chi connectivity index (χ1) is 6.49. The molecule has 3 nitrogen and oxygen atoms in total. The fraction of sp³-hybridized carbons (Fsp3) is 0.889. The molecule has 1 amide bonds. The molecule has 0 radical (unpaired) electrons. The molecule has 0 aliphatic heterocycles. The fourth-order valence-corrected chi connectivity index (χ4v) is 1.83. The van der Waals surface area contributed by atoms with Crippen molar-refractivity contribution in [2.45, 2.75) is 44.8 Å². The van der Waals surface area contributed by atoms with E-state index in [0.29, 0.717) is 0 Å². The molecular weight excluding hydrogens is 220 g/mol. The molecule has 1 unspecified atom stereocenters. The van der Waals surface area contributed by atoms with E-state index in [9.17, 15) is 18.4 Å². The predicted molar refractivity (Wildman–Crippen MR) is 57.0 cm³/mol. The summed E-state index contributed by atoms with van der Waals surface area (Å²) in [5.74, 6) is -2.48. The number of halogens is 2. The van der Waals surface area contributed by atoms with E-state index >= 15 is 0 Å². The van der Waals surface area contributed by atoms with Crippen LogP contribution >= 0.6 is 0 Å². The van der Waals surface area contributed by atoms with Gasteiger partial charge in [-0.25, -0.2) is 8.78 Å². The Balaban J connectivity index is 4.75. The number of alkyl halides is 2. The van der Waals surface area contributed by atoms with Crippen molar-refractivity contribution in [2.75, 3.05) is 0 Å². The van der Waals surface area contributed by atoms with Crippen molar-refractivity contribution < 1.29 is 18.4 Å². The van der Waals surface area contributed by atoms with E-state index < -0.39 is 31.6 Å². The van der Waals surface area contributed by atoms with E-state index in [1.807, 2.05) is 0 Å². The Morgan fingerprint density at radius 3 is 2.07 bits per heavy atom. The van der Waals surface area contributed by atoms with Gasteiger partial charge in [-0.1, -0.05) is 13.8 Å². The third-order valence-corrected chi connectivity index (χ3v) is 6.57. The number of rotatable bonds is 5. The van der Waals surface area contributed by atoms with Gasteiger partial charge in [0.05, 0.1) is 5.92 Å². The summed E-state index contributed by atoms with van der Waals surface area (Å²) in [5.41, 5.74) is 4.90. The minimum absolute atomic E-state index is 0.0737. The number of nitrogens with two attached hydrogens (primary N) is 1. The Kier molecular flexibility index (Phi) is 4.42. The molecular formula is C9H19F2NO2Si. The highest BCUT2D eigenvalue weighted by molar-refractivity contribution is 6.72. The average Bonchev–Trinajstić information content (AvgIpc) is 1.96. The van der Waals surface area contributed by atoms with Gasteiger partial charge in [-0.05, 0) is 24.6 Å². The zero-order valence-corrected chi connectivity index (χ0v) is 10.6. The van der Waals surface area contributed by atoms with Gasteiger partial charge in [0.25, 0.3) is 0 Å². The zero-order chi connectivity index (χ0) is 12.4. The van der Waals surface area contributed by atoms with Gasteiger partial charge >= 0.3 is 0 Å². The monoisotopic (exact) mass is 239 g/mol. The van der Waals surface area contributed by atoms with Gasteiger partial charge in [-0.15, -0.1) is 0 Å². The number of amides is 1. The van der Waals surface area contributed by atoms with Gasteiger partial charge in [0.2, 0.25) is 12.3 Å². The molecule has 0 aliphatic rings. The minimum atomic E-state index is -2.77. The Morgan fingerprint density at radius 1 is 1.47 bits per heavy atom. The third kappa shape index (κ3) is 3.87. The van der Waals surface area contributed by atoms with E-state index in [2.05, 4.69) is 0 Å². The van der Waals surface area contributed by atoms with Crippen molar-refractivity contribution in [2.24, 2.45) is 11.7 Å². The number of hydrogen-bond donors (Lipinski definition) is 2. The largest absolute Gasteiger partial charge is 0.432 e. The van der Waals surface area contributed by atoms with Crippen LogP contribution in [0.25, 0.3) is 0 Å². The average molecular weight is 239 g/mol. The Labute approximate surface area is 89.8 Å². The Hall–Kier alpha value is -0.493. The third-order valence-electron chi connectivity index (χ3n) is 3.06. The first kappa shape index (κ1) is 14.5. The molecule has 1 atom stereocenters. The molecule has 0 heterocycles.